The van der Waals surface area contributed by atoms with Gasteiger partial charge in [0.05, 0.1) is 25.5 Å². The minimum atomic E-state index is -0.0480. The number of anilines is 1. The van der Waals surface area contributed by atoms with Crippen molar-refractivity contribution in [1.29, 1.82) is 0 Å². The molecule has 0 fully saturated rings. The topological polar surface area (TPSA) is 93.7 Å². The molecule has 186 valence electrons. The molecule has 8 nitrogen and oxygen atoms in total. The summed E-state index contributed by atoms with van der Waals surface area (Å²) in [7, 11) is 1.65. The Bertz CT molecular complexity index is 1580. The van der Waals surface area contributed by atoms with E-state index in [0.29, 0.717) is 36.3 Å². The molecule has 3 aromatic carbocycles. The number of nitrogen functional groups attached to an aromatic ring is 1. The molecule has 0 saturated carbocycles. The lowest BCUT2D eigenvalue weighted by Crippen LogP contribution is -2.03. The van der Waals surface area contributed by atoms with Crippen LogP contribution in [0, 0.1) is 0 Å². The molecule has 0 aliphatic carbocycles. The molecule has 1 aliphatic rings. The third-order valence-corrected chi connectivity index (χ3v) is 6.51. The van der Waals surface area contributed by atoms with Crippen LogP contribution in [0.15, 0.2) is 79.1 Å². The largest absolute Gasteiger partial charge is 0.496 e. The van der Waals surface area contributed by atoms with Crippen LogP contribution in [0.3, 0.4) is 0 Å². The van der Waals surface area contributed by atoms with Gasteiger partial charge < -0.3 is 29.2 Å². The van der Waals surface area contributed by atoms with Gasteiger partial charge in [0.15, 0.2) is 5.82 Å². The summed E-state index contributed by atoms with van der Waals surface area (Å²) in [4.78, 5) is 8.72. The van der Waals surface area contributed by atoms with Gasteiger partial charge in [-0.05, 0) is 49.4 Å². The smallest absolute Gasteiger partial charge is 0.151 e. The number of hydrogen-bond donors (Lipinski definition) is 1. The fraction of sp³-hybridized carbons (Fsp3) is 0.172. The summed E-state index contributed by atoms with van der Waals surface area (Å²) in [6, 6.07) is 23.2. The van der Waals surface area contributed by atoms with E-state index in [2.05, 4.69) is 14.5 Å². The van der Waals surface area contributed by atoms with Crippen LogP contribution in [0.5, 0.6) is 23.0 Å². The first-order valence-electron chi connectivity index (χ1n) is 12.0. The minimum absolute atomic E-state index is 0.0480. The van der Waals surface area contributed by atoms with E-state index in [1.165, 1.54) is 6.33 Å². The van der Waals surface area contributed by atoms with E-state index in [-0.39, 0.29) is 6.10 Å². The number of nitrogens with zero attached hydrogens (tertiary/aromatic N) is 3. The molecule has 8 heteroatoms. The van der Waals surface area contributed by atoms with E-state index in [1.807, 2.05) is 79.7 Å². The van der Waals surface area contributed by atoms with Crippen LogP contribution in [0.1, 0.15) is 29.8 Å². The van der Waals surface area contributed by atoms with Gasteiger partial charge in [-0.3, -0.25) is 0 Å². The first kappa shape index (κ1) is 22.9. The van der Waals surface area contributed by atoms with Crippen LogP contribution in [-0.2, 0) is 18.0 Å². The van der Waals surface area contributed by atoms with Crippen molar-refractivity contribution in [2.24, 2.45) is 0 Å². The molecule has 0 radical (unpaired) electrons. The highest BCUT2D eigenvalue weighted by Crippen LogP contribution is 2.41. The number of ether oxygens (including phenoxy) is 4. The SMILES string of the molecule is COc1ccccc1COc1cccc(Oc2ccc(-n3c4c(c5ncnc(N)c53)C(C)OC4)cc2)c1. The molecular formula is C29H26N4O4. The number of rotatable bonds is 7. The van der Waals surface area contributed by atoms with Crippen molar-refractivity contribution in [2.75, 3.05) is 12.8 Å². The molecular weight excluding hydrogens is 468 g/mol. The Labute approximate surface area is 214 Å². The molecule has 1 aliphatic heterocycles. The molecule has 0 saturated heterocycles. The van der Waals surface area contributed by atoms with Gasteiger partial charge >= 0.3 is 0 Å². The van der Waals surface area contributed by atoms with Crippen molar-refractivity contribution < 1.29 is 18.9 Å². The highest BCUT2D eigenvalue weighted by molar-refractivity contribution is 5.91. The summed E-state index contributed by atoms with van der Waals surface area (Å²) in [5, 5.41) is 0. The molecule has 1 unspecified atom stereocenters. The number of benzene rings is 3. The Kier molecular flexibility index (Phi) is 5.86. The summed E-state index contributed by atoms with van der Waals surface area (Å²) in [5.41, 5.74) is 11.9. The van der Waals surface area contributed by atoms with Crippen molar-refractivity contribution in [3.05, 3.63) is 95.9 Å². The van der Waals surface area contributed by atoms with Gasteiger partial charge in [0, 0.05) is 22.9 Å². The number of para-hydroxylation sites is 1. The van der Waals surface area contributed by atoms with Crippen molar-refractivity contribution in [3.8, 4) is 28.7 Å². The lowest BCUT2D eigenvalue weighted by molar-refractivity contribution is 0.0783. The van der Waals surface area contributed by atoms with Gasteiger partial charge in [-0.2, -0.15) is 0 Å². The maximum Gasteiger partial charge on any atom is 0.151 e. The fourth-order valence-corrected chi connectivity index (χ4v) is 4.75. The number of aromatic nitrogens is 3. The van der Waals surface area contributed by atoms with Crippen LogP contribution in [0.25, 0.3) is 16.7 Å². The normalized spacial score (nSPS) is 14.5. The van der Waals surface area contributed by atoms with Crippen molar-refractivity contribution in [2.45, 2.75) is 26.2 Å². The zero-order valence-electron chi connectivity index (χ0n) is 20.5. The van der Waals surface area contributed by atoms with Gasteiger partial charge in [-0.25, -0.2) is 9.97 Å². The van der Waals surface area contributed by atoms with Gasteiger partial charge in [0.25, 0.3) is 0 Å². The zero-order valence-corrected chi connectivity index (χ0v) is 20.5. The van der Waals surface area contributed by atoms with Crippen LogP contribution in [0.4, 0.5) is 5.82 Å². The fourth-order valence-electron chi connectivity index (χ4n) is 4.75. The quantitative estimate of drug-likeness (QED) is 0.298. The monoisotopic (exact) mass is 494 g/mol. The molecule has 0 spiro atoms. The van der Waals surface area contributed by atoms with Gasteiger partial charge in [0.2, 0.25) is 0 Å². The van der Waals surface area contributed by atoms with Crippen LogP contribution >= 0.6 is 0 Å². The van der Waals surface area contributed by atoms with Crippen LogP contribution < -0.4 is 19.9 Å². The molecule has 6 rings (SSSR count). The van der Waals surface area contributed by atoms with E-state index in [4.69, 9.17) is 24.7 Å². The van der Waals surface area contributed by atoms with Crippen molar-refractivity contribution in [1.82, 2.24) is 14.5 Å². The Morgan fingerprint density at radius 2 is 1.78 bits per heavy atom. The van der Waals surface area contributed by atoms with Crippen LogP contribution in [-0.4, -0.2) is 21.6 Å². The standard InChI is InChI=1S/C29H26N4O4/c1-18-26-24(16-35-18)33(28-27(26)31-17-32-29(28)30)20-10-12-21(13-11-20)37-23-8-5-7-22(14-23)36-15-19-6-3-4-9-25(19)34-2/h3-14,17-18H,15-16H2,1-2H3,(H2,30,31,32). The number of methoxy groups -OCH3 is 1. The number of nitrogens with two attached hydrogens (primary N) is 1. The maximum atomic E-state index is 6.27. The lowest BCUT2D eigenvalue weighted by Gasteiger charge is -2.13. The summed E-state index contributed by atoms with van der Waals surface area (Å²) in [5.74, 6) is 3.33. The van der Waals surface area contributed by atoms with Crippen molar-refractivity contribution in [3.63, 3.8) is 0 Å². The number of hydrogen-bond acceptors (Lipinski definition) is 7. The second kappa shape index (κ2) is 9.48. The maximum absolute atomic E-state index is 6.27. The Morgan fingerprint density at radius 1 is 0.973 bits per heavy atom. The molecule has 1 atom stereocenters. The molecule has 0 bridgehead atoms. The number of fused-ring (bicyclic) bond motifs is 3. The molecule has 37 heavy (non-hydrogen) atoms. The van der Waals surface area contributed by atoms with E-state index in [1.54, 1.807) is 7.11 Å². The predicted molar refractivity (Wildman–Crippen MR) is 140 cm³/mol. The average Bonchev–Trinajstić information content (AvgIpc) is 3.47. The van der Waals surface area contributed by atoms with Gasteiger partial charge in [-0.1, -0.05) is 24.3 Å². The molecule has 2 aromatic heterocycles. The summed E-state index contributed by atoms with van der Waals surface area (Å²) in [6.07, 6.45) is 1.45. The van der Waals surface area contributed by atoms with E-state index >= 15 is 0 Å². The third kappa shape index (κ3) is 4.21. The predicted octanol–water partition coefficient (Wildman–Crippen LogP) is 5.97. The van der Waals surface area contributed by atoms with Gasteiger partial charge in [-0.15, -0.1) is 0 Å². The highest BCUT2D eigenvalue weighted by Gasteiger charge is 2.30. The van der Waals surface area contributed by atoms with E-state index in [0.717, 1.165) is 39.3 Å². The summed E-state index contributed by atoms with van der Waals surface area (Å²) < 4.78 is 25.5. The molecule has 0 amide bonds. The highest BCUT2D eigenvalue weighted by atomic mass is 16.5. The molecule has 5 aromatic rings. The second-order valence-electron chi connectivity index (χ2n) is 8.78. The van der Waals surface area contributed by atoms with Gasteiger partial charge in [0.1, 0.15) is 47.0 Å². The summed E-state index contributed by atoms with van der Waals surface area (Å²) in [6.45, 7) is 2.91. The first-order valence-corrected chi connectivity index (χ1v) is 12.0. The minimum Gasteiger partial charge on any atom is -0.496 e. The Hall–Kier alpha value is -4.56. The summed E-state index contributed by atoms with van der Waals surface area (Å²) >= 11 is 0. The Balaban J connectivity index is 1.23. The molecule has 2 N–H and O–H groups in total. The first-order chi connectivity index (χ1) is 18.1. The zero-order chi connectivity index (χ0) is 25.4. The lowest BCUT2D eigenvalue weighted by atomic mass is 10.1. The van der Waals surface area contributed by atoms with Crippen LogP contribution in [0.2, 0.25) is 0 Å². The third-order valence-electron chi connectivity index (χ3n) is 6.51. The van der Waals surface area contributed by atoms with Crippen molar-refractivity contribution >= 4 is 16.9 Å². The second-order valence-corrected chi connectivity index (χ2v) is 8.78. The molecule has 3 heterocycles. The van der Waals surface area contributed by atoms with E-state index < -0.39 is 0 Å². The average molecular weight is 495 g/mol. The van der Waals surface area contributed by atoms with E-state index in [9.17, 15) is 0 Å². The Morgan fingerprint density at radius 3 is 2.62 bits per heavy atom.